The van der Waals surface area contributed by atoms with Crippen LogP contribution in [0.1, 0.15) is 27.7 Å². The molecule has 1 aromatic carbocycles. The molecule has 1 fully saturated rings. The van der Waals surface area contributed by atoms with Crippen molar-refractivity contribution in [3.05, 3.63) is 42.1 Å². The highest BCUT2D eigenvalue weighted by Crippen LogP contribution is 2.27. The van der Waals surface area contributed by atoms with Crippen molar-refractivity contribution in [2.75, 3.05) is 30.0 Å². The zero-order chi connectivity index (χ0) is 20.8. The first-order valence-corrected chi connectivity index (χ1v) is 9.97. The van der Waals surface area contributed by atoms with Gasteiger partial charge in [0, 0.05) is 30.6 Å². The molecule has 0 saturated carbocycles. The van der Waals surface area contributed by atoms with Crippen LogP contribution in [0.3, 0.4) is 0 Å². The van der Waals surface area contributed by atoms with Crippen LogP contribution in [0.25, 0.3) is 11.3 Å². The van der Waals surface area contributed by atoms with Crippen LogP contribution >= 0.6 is 0 Å². The minimum absolute atomic E-state index is 0.0128. The van der Waals surface area contributed by atoms with Crippen molar-refractivity contribution in [3.8, 4) is 11.3 Å². The highest BCUT2D eigenvalue weighted by Gasteiger charge is 2.28. The van der Waals surface area contributed by atoms with E-state index in [9.17, 15) is 4.79 Å². The van der Waals surface area contributed by atoms with E-state index in [4.69, 9.17) is 4.42 Å². The highest BCUT2D eigenvalue weighted by atomic mass is 16.4. The number of hydrogen-bond acceptors (Lipinski definition) is 6. The first-order valence-electron chi connectivity index (χ1n) is 9.97. The molecule has 3 rings (SSSR count). The van der Waals surface area contributed by atoms with Gasteiger partial charge in [0.25, 0.3) is 6.01 Å². The molecule has 1 atom stereocenters. The predicted octanol–water partition coefficient (Wildman–Crippen LogP) is 3.71. The molecule has 2 N–H and O–H groups in total. The van der Waals surface area contributed by atoms with Crippen LogP contribution in [0.15, 0.2) is 51.5 Å². The molecule has 1 amide bonds. The third-order valence-electron chi connectivity index (χ3n) is 5.11. The molecule has 1 saturated heterocycles. The average molecular weight is 396 g/mol. The number of piperazine rings is 1. The van der Waals surface area contributed by atoms with E-state index in [1.165, 1.54) is 5.57 Å². The monoisotopic (exact) mass is 395 g/mol. The Labute approximate surface area is 171 Å². The second kappa shape index (κ2) is 9.41. The topological polar surface area (TPSA) is 82.8 Å². The maximum atomic E-state index is 11.9. The first kappa shape index (κ1) is 20.6. The Balaban J connectivity index is 1.64. The quantitative estimate of drug-likeness (QED) is 0.699. The Bertz CT molecular complexity index is 900. The Kier molecular flexibility index (Phi) is 6.69. The van der Waals surface area contributed by atoms with Gasteiger partial charge in [0.05, 0.1) is 6.20 Å². The van der Waals surface area contributed by atoms with Crippen LogP contribution in [-0.2, 0) is 4.79 Å². The number of rotatable bonds is 7. The minimum atomic E-state index is -0.297. The summed E-state index contributed by atoms with van der Waals surface area (Å²) in [6.45, 7) is 10.0. The summed E-state index contributed by atoms with van der Waals surface area (Å²) >= 11 is 0. The van der Waals surface area contributed by atoms with E-state index in [0.717, 1.165) is 11.3 Å². The molecule has 0 spiro atoms. The van der Waals surface area contributed by atoms with E-state index in [2.05, 4.69) is 41.4 Å². The van der Waals surface area contributed by atoms with E-state index >= 15 is 0 Å². The Morgan fingerprint density at radius 2 is 2.31 bits per heavy atom. The van der Waals surface area contributed by atoms with Gasteiger partial charge >= 0.3 is 0 Å². The summed E-state index contributed by atoms with van der Waals surface area (Å²) in [6.07, 6.45) is 5.58. The second-order valence-corrected chi connectivity index (χ2v) is 7.48. The summed E-state index contributed by atoms with van der Waals surface area (Å²) in [7, 11) is 0. The van der Waals surface area contributed by atoms with E-state index in [1.54, 1.807) is 6.20 Å². The maximum absolute atomic E-state index is 11.9. The lowest BCUT2D eigenvalue weighted by Crippen LogP contribution is -2.54. The molecule has 0 radical (unpaired) electrons. The number of oxazole rings is 1. The SMILES string of the molecule is C/C(=C\C=N/CNc1cccc(-c2cnc(N3CCNC(=O)C3C)o2)c1)C(C)C. The first-order chi connectivity index (χ1) is 14.0. The maximum Gasteiger partial charge on any atom is 0.298 e. The van der Waals surface area contributed by atoms with Gasteiger partial charge in [0.1, 0.15) is 12.7 Å². The van der Waals surface area contributed by atoms with Crippen molar-refractivity contribution >= 4 is 23.8 Å². The molecule has 1 aliphatic heterocycles. The molecule has 1 aliphatic rings. The van der Waals surface area contributed by atoms with Gasteiger partial charge < -0.3 is 20.0 Å². The number of amides is 1. The zero-order valence-electron chi connectivity index (χ0n) is 17.5. The molecule has 1 aromatic heterocycles. The van der Waals surface area contributed by atoms with Crippen molar-refractivity contribution in [1.29, 1.82) is 0 Å². The van der Waals surface area contributed by atoms with Crippen molar-refractivity contribution in [2.45, 2.75) is 33.7 Å². The minimum Gasteiger partial charge on any atom is -0.423 e. The fraction of sp³-hybridized carbons (Fsp3) is 0.409. The van der Waals surface area contributed by atoms with Crippen LogP contribution in [0.4, 0.5) is 11.7 Å². The molecular weight excluding hydrogens is 366 g/mol. The van der Waals surface area contributed by atoms with E-state index in [0.29, 0.717) is 37.5 Å². The normalized spacial score (nSPS) is 17.8. The second-order valence-electron chi connectivity index (χ2n) is 7.48. The smallest absolute Gasteiger partial charge is 0.298 e. The number of aliphatic imine (C=N–C) groups is 1. The van der Waals surface area contributed by atoms with Crippen LogP contribution < -0.4 is 15.5 Å². The lowest BCUT2D eigenvalue weighted by Gasteiger charge is -2.31. The number of nitrogens with zero attached hydrogens (tertiary/aromatic N) is 3. The van der Waals surface area contributed by atoms with Crippen LogP contribution in [-0.4, -0.2) is 42.9 Å². The molecule has 0 aliphatic carbocycles. The summed E-state index contributed by atoms with van der Waals surface area (Å²) in [4.78, 5) is 22.5. The fourth-order valence-corrected chi connectivity index (χ4v) is 2.91. The van der Waals surface area contributed by atoms with Gasteiger partial charge in [-0.15, -0.1) is 0 Å². The number of carbonyl (C=O) groups is 1. The summed E-state index contributed by atoms with van der Waals surface area (Å²) in [5.41, 5.74) is 3.17. The third kappa shape index (κ3) is 5.25. The van der Waals surface area contributed by atoms with Gasteiger partial charge in [-0.2, -0.15) is 0 Å². The Morgan fingerprint density at radius 1 is 1.48 bits per heavy atom. The van der Waals surface area contributed by atoms with Gasteiger partial charge in [0.15, 0.2) is 5.76 Å². The molecule has 0 bridgehead atoms. The molecule has 2 aromatic rings. The van der Waals surface area contributed by atoms with Gasteiger partial charge in [0.2, 0.25) is 5.91 Å². The summed E-state index contributed by atoms with van der Waals surface area (Å²) in [5, 5.41) is 6.13. The van der Waals surface area contributed by atoms with Crippen LogP contribution in [0.5, 0.6) is 0 Å². The van der Waals surface area contributed by atoms with E-state index in [1.807, 2.05) is 48.4 Å². The Morgan fingerprint density at radius 3 is 3.10 bits per heavy atom. The number of aromatic nitrogens is 1. The molecule has 2 heterocycles. The number of allylic oxidation sites excluding steroid dienone is 2. The molecule has 1 unspecified atom stereocenters. The zero-order valence-corrected chi connectivity index (χ0v) is 17.5. The van der Waals surface area contributed by atoms with E-state index in [-0.39, 0.29) is 11.9 Å². The largest absolute Gasteiger partial charge is 0.423 e. The van der Waals surface area contributed by atoms with Gasteiger partial charge in [-0.1, -0.05) is 31.6 Å². The number of hydrogen-bond donors (Lipinski definition) is 2. The summed E-state index contributed by atoms with van der Waals surface area (Å²) in [6, 6.07) is 8.10. The van der Waals surface area contributed by atoms with Crippen molar-refractivity contribution < 1.29 is 9.21 Å². The van der Waals surface area contributed by atoms with Crippen molar-refractivity contribution in [2.24, 2.45) is 10.9 Å². The highest BCUT2D eigenvalue weighted by molar-refractivity contribution is 5.85. The molecule has 7 nitrogen and oxygen atoms in total. The standard InChI is InChI=1S/C22H29N5O2/c1-15(2)16(3)8-9-23-14-26-19-7-5-6-18(12-19)20-13-25-22(29-20)27-11-10-24-21(28)17(27)4/h5-9,12-13,15,17,26H,10-11,14H2,1-4H3,(H,24,28)/b16-8+,23-9-. The molecular formula is C22H29N5O2. The van der Waals surface area contributed by atoms with E-state index < -0.39 is 0 Å². The number of benzene rings is 1. The van der Waals surface area contributed by atoms with Gasteiger partial charge in [-0.3, -0.25) is 9.79 Å². The summed E-state index contributed by atoms with van der Waals surface area (Å²) < 4.78 is 5.94. The molecule has 154 valence electrons. The van der Waals surface area contributed by atoms with Crippen molar-refractivity contribution in [1.82, 2.24) is 10.3 Å². The van der Waals surface area contributed by atoms with Crippen molar-refractivity contribution in [3.63, 3.8) is 0 Å². The molecule has 7 heteroatoms. The summed E-state index contributed by atoms with van der Waals surface area (Å²) in [5.74, 6) is 1.18. The Hall–Kier alpha value is -3.09. The lowest BCUT2D eigenvalue weighted by molar-refractivity contribution is -0.123. The number of carbonyl (C=O) groups excluding carboxylic acids is 1. The van der Waals surface area contributed by atoms with Gasteiger partial charge in [-0.05, 0) is 38.0 Å². The molecule has 29 heavy (non-hydrogen) atoms. The average Bonchev–Trinajstić information content (AvgIpc) is 3.20. The number of nitrogens with one attached hydrogen (secondary N) is 2. The van der Waals surface area contributed by atoms with Crippen LogP contribution in [0.2, 0.25) is 0 Å². The predicted molar refractivity (Wildman–Crippen MR) is 117 cm³/mol. The number of anilines is 2. The van der Waals surface area contributed by atoms with Crippen LogP contribution in [0, 0.1) is 5.92 Å². The third-order valence-corrected chi connectivity index (χ3v) is 5.11. The lowest BCUT2D eigenvalue weighted by atomic mass is 10.1. The fourth-order valence-electron chi connectivity index (χ4n) is 2.91. The van der Waals surface area contributed by atoms with Gasteiger partial charge in [-0.25, -0.2) is 4.98 Å².